The first-order chi connectivity index (χ1) is 18.3. The summed E-state index contributed by atoms with van der Waals surface area (Å²) < 4.78 is 31.4. The highest BCUT2D eigenvalue weighted by Gasteiger charge is 2.23. The van der Waals surface area contributed by atoms with Gasteiger partial charge >= 0.3 is 0 Å². The lowest BCUT2D eigenvalue weighted by atomic mass is 10.1. The van der Waals surface area contributed by atoms with Crippen molar-refractivity contribution in [1.82, 2.24) is 14.9 Å². The number of nitrogens with one attached hydrogen (secondary N) is 1. The number of rotatable bonds is 9. The average Bonchev–Trinajstić information content (AvgIpc) is 2.89. The number of hydrogen-bond acceptors (Lipinski definition) is 6. The molecule has 3 aromatic carbocycles. The number of hydrogen-bond donors (Lipinski definition) is 1. The molecule has 198 valence electrons. The van der Waals surface area contributed by atoms with Crippen LogP contribution in [0.3, 0.4) is 0 Å². The Morgan fingerprint density at radius 1 is 1.05 bits per heavy atom. The zero-order valence-corrected chi connectivity index (χ0v) is 23.0. The van der Waals surface area contributed by atoms with E-state index >= 15 is 0 Å². The van der Waals surface area contributed by atoms with Crippen molar-refractivity contribution < 1.29 is 13.7 Å². The summed E-state index contributed by atoms with van der Waals surface area (Å²) in [4.78, 5) is 11.3. The molecule has 5 rings (SSSR count). The van der Waals surface area contributed by atoms with Gasteiger partial charge in [-0.2, -0.15) is 0 Å². The number of aryl methyl sites for hydroxylation is 1. The second-order valence-corrected chi connectivity index (χ2v) is 13.8. The fourth-order valence-corrected chi connectivity index (χ4v) is 6.51. The predicted octanol–water partition coefficient (Wildman–Crippen LogP) is 6.99. The summed E-state index contributed by atoms with van der Waals surface area (Å²) in [7, 11) is -1.89. The summed E-state index contributed by atoms with van der Waals surface area (Å²) in [6.45, 7) is 5.04. The van der Waals surface area contributed by atoms with E-state index in [-0.39, 0.29) is 12.4 Å². The molecule has 0 atom stereocenters. The van der Waals surface area contributed by atoms with Gasteiger partial charge in [0.05, 0.1) is 17.7 Å². The van der Waals surface area contributed by atoms with Crippen LogP contribution in [0.25, 0.3) is 10.9 Å². The molecule has 2 heterocycles. The smallest absolute Gasteiger partial charge is 0.141 e. The number of benzene rings is 3. The Bertz CT molecular complexity index is 1470. The van der Waals surface area contributed by atoms with E-state index in [2.05, 4.69) is 32.3 Å². The van der Waals surface area contributed by atoms with Crippen molar-refractivity contribution in [3.05, 3.63) is 89.0 Å². The van der Waals surface area contributed by atoms with Crippen LogP contribution in [-0.4, -0.2) is 53.5 Å². The van der Waals surface area contributed by atoms with Crippen LogP contribution in [0.4, 0.5) is 15.9 Å². The third kappa shape index (κ3) is 6.90. The summed E-state index contributed by atoms with van der Waals surface area (Å²) in [6, 6.07) is 18.0. The van der Waals surface area contributed by atoms with Crippen LogP contribution in [0.15, 0.2) is 67.0 Å². The van der Waals surface area contributed by atoms with Crippen molar-refractivity contribution in [1.29, 1.82) is 0 Å². The first-order valence-electron chi connectivity index (χ1n) is 12.8. The maximum absolute atomic E-state index is 13.4. The van der Waals surface area contributed by atoms with Gasteiger partial charge in [0.15, 0.2) is 0 Å². The van der Waals surface area contributed by atoms with E-state index in [0.29, 0.717) is 16.6 Å². The summed E-state index contributed by atoms with van der Waals surface area (Å²) >= 11 is 6.48. The van der Waals surface area contributed by atoms with E-state index in [0.717, 1.165) is 67.0 Å². The van der Waals surface area contributed by atoms with Crippen molar-refractivity contribution in [2.75, 3.05) is 43.9 Å². The van der Waals surface area contributed by atoms with Gasteiger partial charge in [0.2, 0.25) is 0 Å². The molecular weight excluding hydrogens is 522 g/mol. The fourth-order valence-electron chi connectivity index (χ4n) is 4.64. The molecule has 9 heteroatoms. The van der Waals surface area contributed by atoms with Crippen molar-refractivity contribution in [2.24, 2.45) is 0 Å². The highest BCUT2D eigenvalue weighted by molar-refractivity contribution is 7.63. The van der Waals surface area contributed by atoms with E-state index in [1.54, 1.807) is 30.6 Å². The number of nitrogens with zero attached hydrogens (tertiary/aromatic N) is 3. The Balaban J connectivity index is 1.23. The molecule has 0 unspecified atom stereocenters. The predicted molar refractivity (Wildman–Crippen MR) is 153 cm³/mol. The minimum Gasteiger partial charge on any atom is -0.487 e. The molecule has 1 aromatic heterocycles. The highest BCUT2D eigenvalue weighted by atomic mass is 35.5. The van der Waals surface area contributed by atoms with Gasteiger partial charge in [-0.15, -0.1) is 0 Å². The molecule has 38 heavy (non-hydrogen) atoms. The van der Waals surface area contributed by atoms with Crippen LogP contribution < -0.4 is 10.1 Å². The van der Waals surface area contributed by atoms with E-state index in [1.807, 2.05) is 18.8 Å². The Hall–Kier alpha value is -2.99. The highest BCUT2D eigenvalue weighted by Crippen LogP contribution is 2.42. The van der Waals surface area contributed by atoms with Crippen LogP contribution in [0.2, 0.25) is 5.02 Å². The molecule has 0 radical (unpaired) electrons. The second kappa shape index (κ2) is 11.8. The van der Waals surface area contributed by atoms with Crippen LogP contribution >= 0.6 is 18.7 Å². The minimum absolute atomic E-state index is 0.223. The Morgan fingerprint density at radius 2 is 1.89 bits per heavy atom. The van der Waals surface area contributed by atoms with Crippen molar-refractivity contribution >= 4 is 41.2 Å². The minimum atomic E-state index is -1.89. The fraction of sp³-hybridized carbons (Fsp3) is 0.310. The van der Waals surface area contributed by atoms with Gasteiger partial charge in [0.25, 0.3) is 0 Å². The van der Waals surface area contributed by atoms with E-state index in [4.69, 9.17) is 16.3 Å². The number of halogens is 2. The number of aromatic nitrogens is 2. The largest absolute Gasteiger partial charge is 0.487 e. The van der Waals surface area contributed by atoms with E-state index in [1.165, 1.54) is 17.7 Å². The third-order valence-electron chi connectivity index (χ3n) is 6.90. The summed E-state index contributed by atoms with van der Waals surface area (Å²) in [5.74, 6) is 0.927. The molecule has 0 bridgehead atoms. The molecular formula is C29H31ClFN4O2P. The molecule has 4 aromatic rings. The monoisotopic (exact) mass is 552 g/mol. The molecule has 1 fully saturated rings. The molecule has 1 aliphatic rings. The first kappa shape index (κ1) is 26.6. The third-order valence-corrected chi connectivity index (χ3v) is 9.48. The van der Waals surface area contributed by atoms with Crippen LogP contribution in [0.5, 0.6) is 5.75 Å². The maximum Gasteiger partial charge on any atom is 0.141 e. The zero-order chi connectivity index (χ0) is 26.5. The van der Waals surface area contributed by atoms with Gasteiger partial charge in [-0.25, -0.2) is 14.4 Å². The lowest BCUT2D eigenvalue weighted by Gasteiger charge is -2.30. The second-order valence-electron chi connectivity index (χ2n) is 9.95. The Kier molecular flexibility index (Phi) is 8.27. The van der Waals surface area contributed by atoms with Gasteiger partial charge in [-0.1, -0.05) is 29.8 Å². The van der Waals surface area contributed by atoms with Crippen molar-refractivity contribution in [3.8, 4) is 5.75 Å². The van der Waals surface area contributed by atoms with Gasteiger partial charge in [0, 0.05) is 36.5 Å². The Labute approximate surface area is 227 Å². The van der Waals surface area contributed by atoms with E-state index in [9.17, 15) is 8.96 Å². The quantitative estimate of drug-likeness (QED) is 0.226. The summed E-state index contributed by atoms with van der Waals surface area (Å²) in [5, 5.41) is 4.75. The van der Waals surface area contributed by atoms with Crippen LogP contribution in [0, 0.1) is 5.82 Å². The lowest BCUT2D eigenvalue weighted by Crippen LogP contribution is -2.35. The summed E-state index contributed by atoms with van der Waals surface area (Å²) in [5.41, 5.74) is 3.60. The molecule has 6 nitrogen and oxygen atoms in total. The van der Waals surface area contributed by atoms with E-state index < -0.39 is 7.14 Å². The van der Waals surface area contributed by atoms with Crippen LogP contribution in [0.1, 0.15) is 17.5 Å². The van der Waals surface area contributed by atoms with Crippen LogP contribution in [-0.2, 0) is 17.6 Å². The van der Waals surface area contributed by atoms with Gasteiger partial charge in [-0.05, 0) is 79.6 Å². The standard InChI is InChI=1S/C29H31ClFN4O2P/c1-38(36)14-12-35(13-15-38)11-3-5-21-7-9-27-25(17-21)29(33-20-32-27)34-24-8-10-28(26(30)18-24)37-19-22-4-2-6-23(31)16-22/h2,4,6-10,16-18,20H,3,5,11-15,19H2,1H3,(H,32,33,34). The van der Waals surface area contributed by atoms with Gasteiger partial charge < -0.3 is 19.5 Å². The number of ether oxygens (including phenoxy) is 1. The lowest BCUT2D eigenvalue weighted by molar-refractivity contribution is 0.292. The zero-order valence-electron chi connectivity index (χ0n) is 21.4. The molecule has 0 aliphatic carbocycles. The first-order valence-corrected chi connectivity index (χ1v) is 15.7. The normalized spacial score (nSPS) is 15.4. The van der Waals surface area contributed by atoms with Crippen molar-refractivity contribution in [3.63, 3.8) is 0 Å². The SMILES string of the molecule is CP1(=O)CCN(CCCc2ccc3ncnc(Nc4ccc(OCc5cccc(F)c5)c(Cl)c4)c3c2)CC1. The van der Waals surface area contributed by atoms with Crippen molar-refractivity contribution in [2.45, 2.75) is 19.4 Å². The number of anilines is 2. The topological polar surface area (TPSA) is 67.4 Å². The molecule has 1 N–H and O–H groups in total. The molecule has 0 saturated carbocycles. The molecule has 0 amide bonds. The van der Waals surface area contributed by atoms with Gasteiger partial charge in [-0.3, -0.25) is 0 Å². The Morgan fingerprint density at radius 3 is 2.68 bits per heavy atom. The maximum atomic E-state index is 13.4. The summed E-state index contributed by atoms with van der Waals surface area (Å²) in [6.07, 6.45) is 5.21. The number of fused-ring (bicyclic) bond motifs is 1. The molecule has 0 spiro atoms. The van der Waals surface area contributed by atoms with Gasteiger partial charge in [0.1, 0.15) is 30.3 Å². The molecule has 1 saturated heterocycles. The average molecular weight is 553 g/mol. The molecule has 1 aliphatic heterocycles.